The number of rotatable bonds is 4. The van der Waals surface area contributed by atoms with Crippen LogP contribution in [0.15, 0.2) is 24.3 Å². The van der Waals surface area contributed by atoms with Gasteiger partial charge in [0.05, 0.1) is 6.54 Å². The normalized spacial score (nSPS) is 15.5. The van der Waals surface area contributed by atoms with Crippen LogP contribution in [0.3, 0.4) is 0 Å². The summed E-state index contributed by atoms with van der Waals surface area (Å²) in [6.45, 7) is 7.83. The summed E-state index contributed by atoms with van der Waals surface area (Å²) in [6, 6.07) is 7.28. The number of benzene rings is 1. The Bertz CT molecular complexity index is 570. The average molecular weight is 331 g/mol. The molecule has 0 aromatic heterocycles. The molecule has 0 radical (unpaired) electrons. The Morgan fingerprint density at radius 2 is 1.75 bits per heavy atom. The van der Waals surface area contributed by atoms with Gasteiger partial charge in [0.15, 0.2) is 0 Å². The van der Waals surface area contributed by atoms with E-state index in [1.807, 2.05) is 37.8 Å². The highest BCUT2D eigenvalue weighted by Crippen LogP contribution is 2.13. The van der Waals surface area contributed by atoms with Crippen molar-refractivity contribution in [3.8, 4) is 0 Å². The zero-order valence-corrected chi connectivity index (χ0v) is 15.0. The largest absolute Gasteiger partial charge is 0.376 e. The van der Waals surface area contributed by atoms with E-state index in [2.05, 4.69) is 10.6 Å². The molecule has 132 valence electrons. The molecule has 0 spiro atoms. The smallest absolute Gasteiger partial charge is 0.251 e. The van der Waals surface area contributed by atoms with Gasteiger partial charge in [0.1, 0.15) is 0 Å². The first kappa shape index (κ1) is 18.3. The first-order chi connectivity index (χ1) is 11.3. The van der Waals surface area contributed by atoms with Crippen molar-refractivity contribution in [2.24, 2.45) is 0 Å². The topological polar surface area (TPSA) is 61.4 Å². The van der Waals surface area contributed by atoms with Gasteiger partial charge in [-0.25, -0.2) is 0 Å². The Morgan fingerprint density at radius 1 is 1.08 bits per heavy atom. The Labute approximate surface area is 144 Å². The third-order valence-corrected chi connectivity index (χ3v) is 4.02. The fourth-order valence-electron chi connectivity index (χ4n) is 2.79. The zero-order valence-electron chi connectivity index (χ0n) is 15.0. The van der Waals surface area contributed by atoms with Crippen LogP contribution in [0.5, 0.6) is 0 Å². The Morgan fingerprint density at radius 3 is 2.38 bits per heavy atom. The molecule has 0 atom stereocenters. The summed E-state index contributed by atoms with van der Waals surface area (Å²) in [4.78, 5) is 26.5. The summed E-state index contributed by atoms with van der Waals surface area (Å²) in [5.74, 6) is 0.0199. The van der Waals surface area contributed by atoms with Crippen LogP contribution in [-0.2, 0) is 4.79 Å². The third-order valence-electron chi connectivity index (χ3n) is 4.02. The maximum absolute atomic E-state index is 12.3. The van der Waals surface area contributed by atoms with Crippen LogP contribution < -0.4 is 10.6 Å². The van der Waals surface area contributed by atoms with Crippen molar-refractivity contribution in [2.45, 2.75) is 52.0 Å². The SMILES string of the molecule is CC(C)(C)NC(=O)c1cccc(NCC(=O)N2CCCCCC2)c1. The minimum absolute atomic E-state index is 0.106. The van der Waals surface area contributed by atoms with Crippen LogP contribution in [0.1, 0.15) is 56.8 Å². The maximum atomic E-state index is 12.3. The molecule has 1 aromatic rings. The standard InChI is InChI=1S/C19H29N3O2/c1-19(2,3)21-18(24)15-9-8-10-16(13-15)20-14-17(23)22-11-6-4-5-7-12-22/h8-10,13,20H,4-7,11-12,14H2,1-3H3,(H,21,24). The number of carbonyl (C=O) groups excluding carboxylic acids is 2. The first-order valence-corrected chi connectivity index (χ1v) is 8.79. The number of nitrogens with one attached hydrogen (secondary N) is 2. The highest BCUT2D eigenvalue weighted by atomic mass is 16.2. The lowest BCUT2D eigenvalue weighted by Crippen LogP contribution is -2.40. The molecule has 0 bridgehead atoms. The van der Waals surface area contributed by atoms with E-state index in [0.29, 0.717) is 5.56 Å². The molecule has 1 heterocycles. The Kier molecular flexibility index (Phi) is 6.23. The molecule has 1 saturated heterocycles. The number of likely N-dealkylation sites (tertiary alicyclic amines) is 1. The van der Waals surface area contributed by atoms with Crippen LogP contribution in [0.4, 0.5) is 5.69 Å². The number of anilines is 1. The molecule has 1 aromatic carbocycles. The summed E-state index contributed by atoms with van der Waals surface area (Å²) < 4.78 is 0. The van der Waals surface area contributed by atoms with E-state index in [-0.39, 0.29) is 23.9 Å². The fraction of sp³-hybridized carbons (Fsp3) is 0.579. The van der Waals surface area contributed by atoms with E-state index in [1.165, 1.54) is 12.8 Å². The van der Waals surface area contributed by atoms with Crippen molar-refractivity contribution in [1.29, 1.82) is 0 Å². The number of nitrogens with zero attached hydrogens (tertiary/aromatic N) is 1. The number of carbonyl (C=O) groups is 2. The van der Waals surface area contributed by atoms with E-state index in [4.69, 9.17) is 0 Å². The molecular formula is C19H29N3O2. The van der Waals surface area contributed by atoms with E-state index in [1.54, 1.807) is 12.1 Å². The van der Waals surface area contributed by atoms with Crippen molar-refractivity contribution >= 4 is 17.5 Å². The summed E-state index contributed by atoms with van der Waals surface area (Å²) in [5, 5.41) is 6.09. The molecule has 1 aliphatic rings. The van der Waals surface area contributed by atoms with Crippen LogP contribution in [-0.4, -0.2) is 41.9 Å². The van der Waals surface area contributed by atoms with Gasteiger partial charge in [-0.2, -0.15) is 0 Å². The minimum atomic E-state index is -0.275. The second-order valence-electron chi connectivity index (χ2n) is 7.43. The fourth-order valence-corrected chi connectivity index (χ4v) is 2.79. The molecule has 2 N–H and O–H groups in total. The van der Waals surface area contributed by atoms with Gasteiger partial charge in [-0.3, -0.25) is 9.59 Å². The van der Waals surface area contributed by atoms with E-state index in [0.717, 1.165) is 31.6 Å². The van der Waals surface area contributed by atoms with Crippen molar-refractivity contribution < 1.29 is 9.59 Å². The first-order valence-electron chi connectivity index (χ1n) is 8.79. The van der Waals surface area contributed by atoms with Crippen LogP contribution in [0.2, 0.25) is 0 Å². The molecule has 24 heavy (non-hydrogen) atoms. The molecule has 1 aliphatic heterocycles. The van der Waals surface area contributed by atoms with Crippen LogP contribution >= 0.6 is 0 Å². The molecule has 0 saturated carbocycles. The molecule has 5 heteroatoms. The Balaban J connectivity index is 1.92. The van der Waals surface area contributed by atoms with Gasteiger partial charge >= 0.3 is 0 Å². The van der Waals surface area contributed by atoms with E-state index < -0.39 is 0 Å². The lowest BCUT2D eigenvalue weighted by molar-refractivity contribution is -0.129. The predicted octanol–water partition coefficient (Wildman–Crippen LogP) is 3.03. The quantitative estimate of drug-likeness (QED) is 0.891. The molecule has 1 fully saturated rings. The van der Waals surface area contributed by atoms with Crippen LogP contribution in [0.25, 0.3) is 0 Å². The predicted molar refractivity (Wildman–Crippen MR) is 97.2 cm³/mol. The molecule has 0 aliphatic carbocycles. The second-order valence-corrected chi connectivity index (χ2v) is 7.43. The molecule has 5 nitrogen and oxygen atoms in total. The Hall–Kier alpha value is -2.04. The maximum Gasteiger partial charge on any atom is 0.251 e. The summed E-state index contributed by atoms with van der Waals surface area (Å²) >= 11 is 0. The highest BCUT2D eigenvalue weighted by molar-refractivity contribution is 5.95. The number of hydrogen-bond acceptors (Lipinski definition) is 3. The van der Waals surface area contributed by atoms with Crippen molar-refractivity contribution in [3.05, 3.63) is 29.8 Å². The molecule has 2 rings (SSSR count). The summed E-state index contributed by atoms with van der Waals surface area (Å²) in [5.41, 5.74) is 1.11. The van der Waals surface area contributed by atoms with Crippen LogP contribution in [0, 0.1) is 0 Å². The van der Waals surface area contributed by atoms with E-state index in [9.17, 15) is 9.59 Å². The van der Waals surface area contributed by atoms with Gasteiger partial charge in [-0.05, 0) is 51.8 Å². The van der Waals surface area contributed by atoms with Crippen molar-refractivity contribution in [2.75, 3.05) is 25.0 Å². The summed E-state index contributed by atoms with van der Waals surface area (Å²) in [7, 11) is 0. The summed E-state index contributed by atoms with van der Waals surface area (Å²) in [6.07, 6.45) is 4.60. The lowest BCUT2D eigenvalue weighted by atomic mass is 10.1. The highest BCUT2D eigenvalue weighted by Gasteiger charge is 2.17. The van der Waals surface area contributed by atoms with Crippen molar-refractivity contribution in [3.63, 3.8) is 0 Å². The second kappa shape index (κ2) is 8.18. The monoisotopic (exact) mass is 331 g/mol. The number of amides is 2. The van der Waals surface area contributed by atoms with Gasteiger partial charge < -0.3 is 15.5 Å². The molecule has 2 amide bonds. The molecule has 0 unspecified atom stereocenters. The van der Waals surface area contributed by atoms with E-state index >= 15 is 0 Å². The average Bonchev–Trinajstić information content (AvgIpc) is 2.80. The third kappa shape index (κ3) is 5.87. The lowest BCUT2D eigenvalue weighted by Gasteiger charge is -2.21. The van der Waals surface area contributed by atoms with Gasteiger partial charge in [0, 0.05) is 29.9 Å². The molecular weight excluding hydrogens is 302 g/mol. The van der Waals surface area contributed by atoms with Gasteiger partial charge in [0.2, 0.25) is 5.91 Å². The zero-order chi connectivity index (χ0) is 17.6. The number of hydrogen-bond donors (Lipinski definition) is 2. The van der Waals surface area contributed by atoms with Gasteiger partial charge in [0.25, 0.3) is 5.91 Å². The van der Waals surface area contributed by atoms with Gasteiger partial charge in [-0.15, -0.1) is 0 Å². The van der Waals surface area contributed by atoms with Crippen molar-refractivity contribution in [1.82, 2.24) is 10.2 Å². The minimum Gasteiger partial charge on any atom is -0.376 e. The van der Waals surface area contributed by atoms with Gasteiger partial charge in [-0.1, -0.05) is 18.9 Å².